The van der Waals surface area contributed by atoms with Crippen LogP contribution in [0.5, 0.6) is 5.75 Å². The summed E-state index contributed by atoms with van der Waals surface area (Å²) in [4.78, 5) is 12.3. The van der Waals surface area contributed by atoms with Gasteiger partial charge in [0.15, 0.2) is 11.6 Å². The molecule has 8 nitrogen and oxygen atoms in total. The molecule has 1 amide bonds. The fraction of sp³-hybridized carbons (Fsp3) is 0.333. The number of hydrogen-bond acceptors (Lipinski definition) is 5. The number of ether oxygens (including phenoxy) is 1. The van der Waals surface area contributed by atoms with Crippen molar-refractivity contribution in [2.75, 3.05) is 13.1 Å². The van der Waals surface area contributed by atoms with E-state index in [-0.39, 0.29) is 24.0 Å². The molecule has 2 aromatic rings. The Balaban J connectivity index is 1.71. The molecule has 3 rings (SSSR count). The summed E-state index contributed by atoms with van der Waals surface area (Å²) in [5, 5.41) is 31.5. The summed E-state index contributed by atoms with van der Waals surface area (Å²) >= 11 is 0. The Bertz CT molecular complexity index is 935. The van der Waals surface area contributed by atoms with E-state index in [0.29, 0.717) is 37.2 Å². The molecular weight excluding hydrogens is 353 g/mol. The maximum Gasteiger partial charge on any atom is 0.407 e. The van der Waals surface area contributed by atoms with Gasteiger partial charge in [-0.15, -0.1) is 0 Å². The zero-order valence-electron chi connectivity index (χ0n) is 14.3. The predicted octanol–water partition coefficient (Wildman–Crippen LogP) is 2.66. The number of aromatic nitrogens is 2. The quantitative estimate of drug-likeness (QED) is 0.886. The fourth-order valence-corrected chi connectivity index (χ4v) is 3.05. The Kier molecular flexibility index (Phi) is 5.23. The number of likely N-dealkylation sites (tertiary alicyclic amines) is 1. The van der Waals surface area contributed by atoms with Crippen molar-refractivity contribution in [1.29, 1.82) is 10.5 Å². The van der Waals surface area contributed by atoms with Crippen LogP contribution in [0.2, 0.25) is 0 Å². The van der Waals surface area contributed by atoms with Crippen molar-refractivity contribution in [3.8, 4) is 17.9 Å². The number of nitrogens with zero attached hydrogens (tertiary/aromatic N) is 5. The number of carbonyl (C=O) groups is 1. The number of amides is 1. The molecule has 1 aliphatic heterocycles. The van der Waals surface area contributed by atoms with E-state index in [2.05, 4.69) is 11.2 Å². The van der Waals surface area contributed by atoms with Gasteiger partial charge in [0.25, 0.3) is 0 Å². The molecule has 9 heteroatoms. The average molecular weight is 369 g/mol. The summed E-state index contributed by atoms with van der Waals surface area (Å²) in [5.41, 5.74) is 1.03. The summed E-state index contributed by atoms with van der Waals surface area (Å²) in [6.07, 6.45) is 1.68. The van der Waals surface area contributed by atoms with Crippen molar-refractivity contribution in [2.45, 2.75) is 25.5 Å². The van der Waals surface area contributed by atoms with Crippen molar-refractivity contribution in [3.63, 3.8) is 0 Å². The van der Waals surface area contributed by atoms with E-state index < -0.39 is 11.9 Å². The van der Waals surface area contributed by atoms with Gasteiger partial charge in [0.2, 0.25) is 0 Å². The number of halogens is 1. The van der Waals surface area contributed by atoms with Gasteiger partial charge in [-0.1, -0.05) is 0 Å². The smallest absolute Gasteiger partial charge is 0.407 e. The maximum absolute atomic E-state index is 13.9. The Morgan fingerprint density at radius 3 is 2.67 bits per heavy atom. The zero-order chi connectivity index (χ0) is 19.4. The number of rotatable bonds is 4. The van der Waals surface area contributed by atoms with Crippen molar-refractivity contribution in [3.05, 3.63) is 47.0 Å². The molecule has 1 aliphatic rings. The highest BCUT2D eigenvalue weighted by molar-refractivity contribution is 5.65. The highest BCUT2D eigenvalue weighted by Gasteiger charge is 2.26. The summed E-state index contributed by atoms with van der Waals surface area (Å²) in [5.74, 6) is -0.665. The van der Waals surface area contributed by atoms with Crippen LogP contribution >= 0.6 is 0 Å². The van der Waals surface area contributed by atoms with Crippen LogP contribution in [0.4, 0.5) is 9.18 Å². The average Bonchev–Trinajstić information content (AvgIpc) is 3.09. The second-order valence-electron chi connectivity index (χ2n) is 6.12. The third-order valence-corrected chi connectivity index (χ3v) is 4.50. The van der Waals surface area contributed by atoms with E-state index in [4.69, 9.17) is 15.1 Å². The number of carboxylic acid groups (broad SMARTS) is 1. The van der Waals surface area contributed by atoms with E-state index in [1.165, 1.54) is 23.2 Å². The van der Waals surface area contributed by atoms with E-state index >= 15 is 0 Å². The standard InChI is InChI=1S/C18H16FN5O3/c19-15-7-12(8-20)1-2-17(15)27-11-13-10-22-24(16(13)9-21)14-3-5-23(6-4-14)18(25)26/h1-2,7,10,14H,3-6,11H2,(H,25,26). The largest absolute Gasteiger partial charge is 0.486 e. The molecule has 0 bridgehead atoms. The summed E-state index contributed by atoms with van der Waals surface area (Å²) in [6.45, 7) is 0.722. The van der Waals surface area contributed by atoms with Gasteiger partial charge < -0.3 is 14.7 Å². The van der Waals surface area contributed by atoms with Gasteiger partial charge in [0, 0.05) is 18.7 Å². The van der Waals surface area contributed by atoms with Crippen LogP contribution in [0.1, 0.15) is 35.7 Å². The first-order valence-electron chi connectivity index (χ1n) is 8.30. The molecule has 0 unspecified atom stereocenters. The molecule has 0 saturated carbocycles. The minimum absolute atomic E-state index is 0.0135. The lowest BCUT2D eigenvalue weighted by Gasteiger charge is -2.30. The van der Waals surface area contributed by atoms with Crippen molar-refractivity contribution in [2.24, 2.45) is 0 Å². The van der Waals surface area contributed by atoms with Gasteiger partial charge in [0.05, 0.1) is 23.9 Å². The van der Waals surface area contributed by atoms with E-state index in [9.17, 15) is 14.4 Å². The predicted molar refractivity (Wildman–Crippen MR) is 90.3 cm³/mol. The van der Waals surface area contributed by atoms with Gasteiger partial charge in [0.1, 0.15) is 18.4 Å². The Morgan fingerprint density at radius 1 is 1.33 bits per heavy atom. The summed E-state index contributed by atoms with van der Waals surface area (Å²) in [7, 11) is 0. The number of nitriles is 2. The van der Waals surface area contributed by atoms with Crippen LogP contribution in [-0.4, -0.2) is 39.0 Å². The normalized spacial score (nSPS) is 14.4. The first-order valence-corrected chi connectivity index (χ1v) is 8.30. The SMILES string of the molecule is N#Cc1ccc(OCc2cnn(C3CCN(C(=O)O)CC3)c2C#N)c(F)c1. The molecule has 1 aromatic heterocycles. The van der Waals surface area contributed by atoms with Crippen LogP contribution in [0.3, 0.4) is 0 Å². The van der Waals surface area contributed by atoms with Crippen molar-refractivity contribution < 1.29 is 19.0 Å². The highest BCUT2D eigenvalue weighted by Crippen LogP contribution is 2.26. The maximum atomic E-state index is 13.9. The molecule has 138 valence electrons. The van der Waals surface area contributed by atoms with E-state index in [1.807, 2.05) is 6.07 Å². The molecule has 0 atom stereocenters. The lowest BCUT2D eigenvalue weighted by atomic mass is 10.1. The van der Waals surface area contributed by atoms with Crippen molar-refractivity contribution >= 4 is 6.09 Å². The molecular formula is C18H16FN5O3. The number of piperidine rings is 1. The fourth-order valence-electron chi connectivity index (χ4n) is 3.05. The third-order valence-electron chi connectivity index (χ3n) is 4.50. The van der Waals surface area contributed by atoms with Gasteiger partial charge in [-0.05, 0) is 31.0 Å². The van der Waals surface area contributed by atoms with Crippen LogP contribution in [0.25, 0.3) is 0 Å². The van der Waals surface area contributed by atoms with Gasteiger partial charge in [-0.25, -0.2) is 9.18 Å². The molecule has 1 N–H and O–H groups in total. The topological polar surface area (TPSA) is 115 Å². The van der Waals surface area contributed by atoms with Gasteiger partial charge in [-0.3, -0.25) is 4.68 Å². The van der Waals surface area contributed by atoms with E-state index in [1.54, 1.807) is 4.68 Å². The minimum Gasteiger partial charge on any atom is -0.486 e. The monoisotopic (exact) mass is 369 g/mol. The number of benzene rings is 1. The van der Waals surface area contributed by atoms with Gasteiger partial charge >= 0.3 is 6.09 Å². The molecule has 2 heterocycles. The molecule has 27 heavy (non-hydrogen) atoms. The second kappa shape index (κ2) is 7.75. The molecule has 1 saturated heterocycles. The first-order chi connectivity index (χ1) is 13.0. The van der Waals surface area contributed by atoms with E-state index in [0.717, 1.165) is 6.07 Å². The lowest BCUT2D eigenvalue weighted by Crippen LogP contribution is -2.38. The minimum atomic E-state index is -0.951. The van der Waals surface area contributed by atoms with Gasteiger partial charge in [-0.2, -0.15) is 15.6 Å². The first kappa shape index (κ1) is 18.2. The van der Waals surface area contributed by atoms with Crippen molar-refractivity contribution in [1.82, 2.24) is 14.7 Å². The molecule has 0 spiro atoms. The molecule has 1 fully saturated rings. The summed E-state index contributed by atoms with van der Waals surface area (Å²) < 4.78 is 20.9. The highest BCUT2D eigenvalue weighted by atomic mass is 19.1. The zero-order valence-corrected chi connectivity index (χ0v) is 14.3. The second-order valence-corrected chi connectivity index (χ2v) is 6.12. The Morgan fingerprint density at radius 2 is 2.07 bits per heavy atom. The molecule has 0 aliphatic carbocycles. The Labute approximate surface area is 154 Å². The number of hydrogen-bond donors (Lipinski definition) is 1. The third kappa shape index (κ3) is 3.82. The lowest BCUT2D eigenvalue weighted by molar-refractivity contribution is 0.123. The van der Waals surface area contributed by atoms with Crippen LogP contribution in [-0.2, 0) is 6.61 Å². The molecule has 1 aromatic carbocycles. The van der Waals surface area contributed by atoms with Crippen LogP contribution in [0, 0.1) is 28.5 Å². The molecule has 0 radical (unpaired) electrons. The van der Waals surface area contributed by atoms with Crippen LogP contribution in [0.15, 0.2) is 24.4 Å². The summed E-state index contributed by atoms with van der Waals surface area (Å²) in [6, 6.07) is 7.77. The Hall–Kier alpha value is -3.59. The van der Waals surface area contributed by atoms with Crippen LogP contribution < -0.4 is 4.74 Å².